The maximum absolute atomic E-state index is 12.6. The second kappa shape index (κ2) is 8.50. The fourth-order valence-corrected chi connectivity index (χ4v) is 4.34. The van der Waals surface area contributed by atoms with Gasteiger partial charge in [0.25, 0.3) is 5.91 Å². The van der Waals surface area contributed by atoms with Gasteiger partial charge in [-0.15, -0.1) is 0 Å². The molecule has 1 aromatic heterocycles. The van der Waals surface area contributed by atoms with Crippen molar-refractivity contribution in [3.05, 3.63) is 58.3 Å². The van der Waals surface area contributed by atoms with Gasteiger partial charge in [-0.1, -0.05) is 18.2 Å². The van der Waals surface area contributed by atoms with Gasteiger partial charge in [-0.25, -0.2) is 8.42 Å². The minimum Gasteiger partial charge on any atom is -0.395 e. The van der Waals surface area contributed by atoms with Crippen LogP contribution in [0.15, 0.2) is 51.8 Å². The van der Waals surface area contributed by atoms with Crippen LogP contribution >= 0.6 is 0 Å². The van der Waals surface area contributed by atoms with E-state index in [0.29, 0.717) is 39.3 Å². The van der Waals surface area contributed by atoms with E-state index in [1.165, 1.54) is 10.4 Å². The van der Waals surface area contributed by atoms with Crippen molar-refractivity contribution in [1.29, 1.82) is 0 Å². The number of carbonyl (C=O) groups is 1. The third-order valence-corrected chi connectivity index (χ3v) is 6.33. The Labute approximate surface area is 161 Å². The molecule has 0 aliphatic carbocycles. The summed E-state index contributed by atoms with van der Waals surface area (Å²) in [6.45, 7) is 2.69. The van der Waals surface area contributed by atoms with Gasteiger partial charge in [0.2, 0.25) is 10.0 Å². The molecule has 28 heavy (non-hydrogen) atoms. The summed E-state index contributed by atoms with van der Waals surface area (Å²) in [6.07, 6.45) is 0. The molecule has 150 valence electrons. The fourth-order valence-electron chi connectivity index (χ4n) is 2.90. The van der Waals surface area contributed by atoms with E-state index in [1.54, 1.807) is 30.3 Å². The van der Waals surface area contributed by atoms with Gasteiger partial charge in [0.05, 0.1) is 11.0 Å². The predicted molar refractivity (Wildman–Crippen MR) is 99.3 cm³/mol. The summed E-state index contributed by atoms with van der Waals surface area (Å²) in [5.41, 5.74) is 0. The standard InChI is InChI=1S/C17H20N4O6S/c22-17(15-6-7-16(27-15)21(23)24)18-8-9-19-10-12-20(13-11-19)28(25,26)14-4-2-1-3-5-14/h1-7H,8-13H2,(H,18,22). The first kappa shape index (κ1) is 20.0. The molecule has 1 saturated heterocycles. The van der Waals surface area contributed by atoms with Gasteiger partial charge >= 0.3 is 5.88 Å². The average Bonchev–Trinajstić information content (AvgIpc) is 3.20. The maximum atomic E-state index is 12.6. The van der Waals surface area contributed by atoms with Crippen molar-refractivity contribution in [2.75, 3.05) is 39.3 Å². The van der Waals surface area contributed by atoms with E-state index >= 15 is 0 Å². The first-order valence-corrected chi connectivity index (χ1v) is 10.1. The first-order chi connectivity index (χ1) is 13.4. The van der Waals surface area contributed by atoms with Crippen LogP contribution in [0.5, 0.6) is 0 Å². The Balaban J connectivity index is 1.44. The fraction of sp³-hybridized carbons (Fsp3) is 0.353. The van der Waals surface area contributed by atoms with Crippen LogP contribution < -0.4 is 5.32 Å². The number of nitrogens with one attached hydrogen (secondary N) is 1. The van der Waals surface area contributed by atoms with Crippen LogP contribution in [0.1, 0.15) is 10.6 Å². The Morgan fingerprint density at radius 3 is 2.39 bits per heavy atom. The van der Waals surface area contributed by atoms with Crippen molar-refractivity contribution in [2.24, 2.45) is 0 Å². The number of nitrogens with zero attached hydrogens (tertiary/aromatic N) is 3. The third-order valence-electron chi connectivity index (χ3n) is 4.42. The number of furan rings is 1. The SMILES string of the molecule is O=C(NCCN1CCN(S(=O)(=O)c2ccccc2)CC1)c1ccc([N+](=O)[O-])o1. The highest BCUT2D eigenvalue weighted by Gasteiger charge is 2.28. The Kier molecular flexibility index (Phi) is 6.07. The van der Waals surface area contributed by atoms with Crippen LogP contribution in [0.3, 0.4) is 0 Å². The molecule has 0 spiro atoms. The van der Waals surface area contributed by atoms with E-state index in [1.807, 2.05) is 4.90 Å². The number of hydrogen-bond acceptors (Lipinski definition) is 7. The Bertz CT molecular complexity index is 936. The Morgan fingerprint density at radius 2 is 1.79 bits per heavy atom. The summed E-state index contributed by atoms with van der Waals surface area (Å²) in [5, 5.41) is 13.2. The van der Waals surface area contributed by atoms with Crippen molar-refractivity contribution < 1.29 is 22.6 Å². The highest BCUT2D eigenvalue weighted by molar-refractivity contribution is 7.89. The van der Waals surface area contributed by atoms with Crippen LogP contribution in [-0.2, 0) is 10.0 Å². The van der Waals surface area contributed by atoms with Crippen LogP contribution in [0.4, 0.5) is 5.88 Å². The lowest BCUT2D eigenvalue weighted by Gasteiger charge is -2.33. The molecule has 1 amide bonds. The van der Waals surface area contributed by atoms with Gasteiger partial charge in [-0.05, 0) is 18.2 Å². The van der Waals surface area contributed by atoms with E-state index in [2.05, 4.69) is 5.32 Å². The van der Waals surface area contributed by atoms with E-state index in [0.717, 1.165) is 6.07 Å². The number of hydrogen-bond donors (Lipinski definition) is 1. The van der Waals surface area contributed by atoms with Gasteiger partial charge in [-0.3, -0.25) is 19.8 Å². The number of carbonyl (C=O) groups excluding carboxylic acids is 1. The molecule has 0 bridgehead atoms. The van der Waals surface area contributed by atoms with Gasteiger partial charge in [0.1, 0.15) is 4.92 Å². The number of amides is 1. The molecule has 0 saturated carbocycles. The van der Waals surface area contributed by atoms with Crippen LogP contribution in [0.2, 0.25) is 0 Å². The minimum atomic E-state index is -3.49. The molecule has 1 fully saturated rings. The average molecular weight is 408 g/mol. The van der Waals surface area contributed by atoms with E-state index in [-0.39, 0.29) is 10.7 Å². The Morgan fingerprint density at radius 1 is 1.11 bits per heavy atom. The highest BCUT2D eigenvalue weighted by Crippen LogP contribution is 2.17. The molecule has 2 heterocycles. The lowest BCUT2D eigenvalue weighted by atomic mass is 10.3. The molecule has 1 aliphatic rings. The number of nitro groups is 1. The van der Waals surface area contributed by atoms with Crippen LogP contribution in [-0.4, -0.2) is 67.7 Å². The quantitative estimate of drug-likeness (QED) is 0.533. The van der Waals surface area contributed by atoms with Crippen molar-refractivity contribution in [3.63, 3.8) is 0 Å². The smallest absolute Gasteiger partial charge is 0.395 e. The van der Waals surface area contributed by atoms with Crippen molar-refractivity contribution in [2.45, 2.75) is 4.90 Å². The first-order valence-electron chi connectivity index (χ1n) is 8.68. The van der Waals surface area contributed by atoms with Gasteiger partial charge in [0.15, 0.2) is 5.76 Å². The largest absolute Gasteiger partial charge is 0.433 e. The molecule has 3 rings (SSSR count). The molecule has 11 heteroatoms. The topological polar surface area (TPSA) is 126 Å². The maximum Gasteiger partial charge on any atom is 0.433 e. The molecule has 1 aliphatic heterocycles. The molecule has 0 radical (unpaired) electrons. The van der Waals surface area contributed by atoms with Crippen molar-refractivity contribution in [3.8, 4) is 0 Å². The lowest BCUT2D eigenvalue weighted by Crippen LogP contribution is -2.50. The molecule has 0 atom stereocenters. The summed E-state index contributed by atoms with van der Waals surface area (Å²) in [6, 6.07) is 10.7. The predicted octanol–water partition coefficient (Wildman–Crippen LogP) is 0.924. The molecule has 10 nitrogen and oxygen atoms in total. The monoisotopic (exact) mass is 408 g/mol. The van der Waals surface area contributed by atoms with E-state index < -0.39 is 26.7 Å². The molecule has 1 aromatic carbocycles. The number of benzene rings is 1. The van der Waals surface area contributed by atoms with Gasteiger partial charge in [-0.2, -0.15) is 4.31 Å². The summed E-state index contributed by atoms with van der Waals surface area (Å²) in [7, 11) is -3.49. The van der Waals surface area contributed by atoms with Crippen LogP contribution in [0.25, 0.3) is 0 Å². The van der Waals surface area contributed by atoms with Crippen LogP contribution in [0, 0.1) is 10.1 Å². The van der Waals surface area contributed by atoms with Gasteiger partial charge < -0.3 is 9.73 Å². The molecular formula is C17H20N4O6S. The minimum absolute atomic E-state index is 0.120. The number of rotatable bonds is 7. The Hall–Kier alpha value is -2.76. The second-order valence-corrected chi connectivity index (χ2v) is 8.15. The zero-order valence-corrected chi connectivity index (χ0v) is 15.8. The summed E-state index contributed by atoms with van der Waals surface area (Å²) >= 11 is 0. The summed E-state index contributed by atoms with van der Waals surface area (Å²) in [4.78, 5) is 24.1. The zero-order chi connectivity index (χ0) is 20.1. The van der Waals surface area contributed by atoms with E-state index in [4.69, 9.17) is 4.42 Å². The number of piperazine rings is 1. The van der Waals surface area contributed by atoms with E-state index in [9.17, 15) is 23.3 Å². The van der Waals surface area contributed by atoms with Crippen molar-refractivity contribution >= 4 is 21.8 Å². The highest BCUT2D eigenvalue weighted by atomic mass is 32.2. The summed E-state index contributed by atoms with van der Waals surface area (Å²) < 4.78 is 31.5. The second-order valence-electron chi connectivity index (χ2n) is 6.21. The normalized spacial score (nSPS) is 16.0. The summed E-state index contributed by atoms with van der Waals surface area (Å²) in [5.74, 6) is -1.13. The van der Waals surface area contributed by atoms with Gasteiger partial charge in [0, 0.05) is 39.3 Å². The molecular weight excluding hydrogens is 388 g/mol. The third kappa shape index (κ3) is 4.55. The number of sulfonamides is 1. The molecule has 2 aromatic rings. The zero-order valence-electron chi connectivity index (χ0n) is 15.0. The molecule has 1 N–H and O–H groups in total. The molecule has 0 unspecified atom stereocenters. The lowest BCUT2D eigenvalue weighted by molar-refractivity contribution is -0.402. The van der Waals surface area contributed by atoms with Crippen molar-refractivity contribution in [1.82, 2.24) is 14.5 Å².